The Morgan fingerprint density at radius 1 is 1.18 bits per heavy atom. The third-order valence-electron chi connectivity index (χ3n) is 2.26. The van der Waals surface area contributed by atoms with E-state index in [9.17, 15) is 4.79 Å². The van der Waals surface area contributed by atoms with Crippen LogP contribution in [0.3, 0.4) is 0 Å². The lowest BCUT2D eigenvalue weighted by Crippen LogP contribution is -2.40. The zero-order valence-corrected chi connectivity index (χ0v) is 12.4. The van der Waals surface area contributed by atoms with E-state index in [4.69, 9.17) is 12.2 Å². The molecule has 0 aliphatic rings. The van der Waals surface area contributed by atoms with Gasteiger partial charge in [-0.25, -0.2) is 0 Å². The highest BCUT2D eigenvalue weighted by Crippen LogP contribution is 2.17. The van der Waals surface area contributed by atoms with Gasteiger partial charge in [0.05, 0.1) is 0 Å². The second-order valence-electron chi connectivity index (χ2n) is 5.60. The van der Waals surface area contributed by atoms with E-state index in [1.807, 2.05) is 20.8 Å². The first-order valence-corrected chi connectivity index (χ1v) is 6.83. The van der Waals surface area contributed by atoms with Crippen LogP contribution in [0.4, 0.5) is 0 Å². The van der Waals surface area contributed by atoms with Gasteiger partial charge in [-0.2, -0.15) is 0 Å². The van der Waals surface area contributed by atoms with Crippen molar-refractivity contribution in [3.63, 3.8) is 0 Å². The van der Waals surface area contributed by atoms with Crippen molar-refractivity contribution in [3.8, 4) is 0 Å². The molecule has 0 atom stereocenters. The van der Waals surface area contributed by atoms with Gasteiger partial charge in [-0.15, -0.1) is 0 Å². The van der Waals surface area contributed by atoms with Crippen LogP contribution < -0.4 is 10.6 Å². The smallest absolute Gasteiger partial charge is 0.226 e. The molecule has 0 heterocycles. The predicted molar refractivity (Wildman–Crippen MR) is 77.0 cm³/mol. The molecule has 0 aromatic heterocycles. The molecule has 0 bridgehead atoms. The number of amides is 1. The van der Waals surface area contributed by atoms with Crippen molar-refractivity contribution in [2.24, 2.45) is 5.41 Å². The number of rotatable bonds is 6. The van der Waals surface area contributed by atoms with Crippen LogP contribution >= 0.6 is 12.2 Å². The van der Waals surface area contributed by atoms with Gasteiger partial charge in [0, 0.05) is 13.0 Å². The van der Waals surface area contributed by atoms with E-state index in [0.29, 0.717) is 11.5 Å². The van der Waals surface area contributed by atoms with Gasteiger partial charge in [-0.3, -0.25) is 4.79 Å². The van der Waals surface area contributed by atoms with Crippen LogP contribution in [0.5, 0.6) is 0 Å². The van der Waals surface area contributed by atoms with Crippen molar-refractivity contribution in [3.05, 3.63) is 0 Å². The summed E-state index contributed by atoms with van der Waals surface area (Å²) in [6.07, 6.45) is 5.29. The molecule has 0 aliphatic carbocycles. The van der Waals surface area contributed by atoms with Gasteiger partial charge in [-0.1, -0.05) is 47.0 Å². The number of hydrogen-bond acceptors (Lipinski definition) is 2. The summed E-state index contributed by atoms with van der Waals surface area (Å²) in [6, 6.07) is 0. The zero-order chi connectivity index (χ0) is 13.3. The molecular weight excluding hydrogens is 232 g/mol. The fourth-order valence-corrected chi connectivity index (χ4v) is 1.67. The van der Waals surface area contributed by atoms with E-state index in [-0.39, 0.29) is 11.3 Å². The minimum absolute atomic E-state index is 0.000816. The summed E-state index contributed by atoms with van der Waals surface area (Å²) in [5, 5.41) is 6.22. The summed E-state index contributed by atoms with van der Waals surface area (Å²) in [7, 11) is 0. The topological polar surface area (TPSA) is 41.1 Å². The molecule has 0 aliphatic heterocycles. The summed E-state index contributed by atoms with van der Waals surface area (Å²) < 4.78 is 0. The van der Waals surface area contributed by atoms with Crippen LogP contribution in [-0.2, 0) is 4.79 Å². The normalized spacial score (nSPS) is 11.1. The van der Waals surface area contributed by atoms with Crippen LogP contribution in [0.25, 0.3) is 0 Å². The summed E-state index contributed by atoms with van der Waals surface area (Å²) in [5.41, 5.74) is 0.000816. The molecule has 0 aromatic rings. The summed E-state index contributed by atoms with van der Waals surface area (Å²) in [5.74, 6) is -0.0106. The van der Waals surface area contributed by atoms with Gasteiger partial charge >= 0.3 is 0 Å². The molecule has 2 N–H and O–H groups in total. The quantitative estimate of drug-likeness (QED) is 0.568. The standard InChI is InChI=1S/C13H26N2OS/c1-5-6-7-8-9-14-12(17)15-11(16)10-13(2,3)4/h5-10H2,1-4H3,(H2,14,15,16,17). The molecule has 0 radical (unpaired) electrons. The number of nitrogens with one attached hydrogen (secondary N) is 2. The number of hydrogen-bond donors (Lipinski definition) is 2. The molecule has 0 spiro atoms. The number of carbonyl (C=O) groups excluding carboxylic acids is 1. The van der Waals surface area contributed by atoms with E-state index >= 15 is 0 Å². The maximum absolute atomic E-state index is 11.6. The molecule has 0 unspecified atom stereocenters. The van der Waals surface area contributed by atoms with Crippen molar-refractivity contribution in [1.82, 2.24) is 10.6 Å². The third kappa shape index (κ3) is 11.6. The Kier molecular flexibility index (Phi) is 8.13. The lowest BCUT2D eigenvalue weighted by molar-refractivity contribution is -0.121. The molecule has 3 nitrogen and oxygen atoms in total. The Balaban J connectivity index is 3.61. The van der Waals surface area contributed by atoms with E-state index in [0.717, 1.165) is 13.0 Å². The molecule has 0 aromatic carbocycles. The van der Waals surface area contributed by atoms with Crippen molar-refractivity contribution in [1.29, 1.82) is 0 Å². The monoisotopic (exact) mass is 258 g/mol. The van der Waals surface area contributed by atoms with Crippen LogP contribution in [0.15, 0.2) is 0 Å². The highest BCUT2D eigenvalue weighted by Gasteiger charge is 2.16. The largest absolute Gasteiger partial charge is 0.362 e. The molecular formula is C13H26N2OS. The lowest BCUT2D eigenvalue weighted by Gasteiger charge is -2.17. The highest BCUT2D eigenvalue weighted by molar-refractivity contribution is 7.80. The van der Waals surface area contributed by atoms with Crippen LogP contribution in [0.2, 0.25) is 0 Å². The van der Waals surface area contributed by atoms with Crippen LogP contribution in [-0.4, -0.2) is 17.6 Å². The zero-order valence-electron chi connectivity index (χ0n) is 11.6. The first-order valence-electron chi connectivity index (χ1n) is 6.43. The van der Waals surface area contributed by atoms with Crippen LogP contribution in [0.1, 0.15) is 59.8 Å². The lowest BCUT2D eigenvalue weighted by atomic mass is 9.92. The molecule has 0 saturated carbocycles. The predicted octanol–water partition coefficient (Wildman–Crippen LogP) is 2.99. The van der Waals surface area contributed by atoms with Gasteiger partial charge in [0.2, 0.25) is 5.91 Å². The van der Waals surface area contributed by atoms with Crippen molar-refractivity contribution >= 4 is 23.2 Å². The number of carbonyl (C=O) groups is 1. The average molecular weight is 258 g/mol. The Morgan fingerprint density at radius 2 is 1.82 bits per heavy atom. The first-order chi connectivity index (χ1) is 7.85. The maximum atomic E-state index is 11.6. The van der Waals surface area contributed by atoms with Crippen molar-refractivity contribution < 1.29 is 4.79 Å². The second kappa shape index (κ2) is 8.45. The minimum atomic E-state index is -0.0106. The molecule has 100 valence electrons. The Hall–Kier alpha value is -0.640. The summed E-state index contributed by atoms with van der Waals surface area (Å²) in [4.78, 5) is 11.6. The fourth-order valence-electron chi connectivity index (χ4n) is 1.45. The SMILES string of the molecule is CCCCCCNC(=S)NC(=O)CC(C)(C)C. The summed E-state index contributed by atoms with van der Waals surface area (Å²) in [6.45, 7) is 9.13. The molecule has 0 fully saturated rings. The minimum Gasteiger partial charge on any atom is -0.362 e. The molecule has 17 heavy (non-hydrogen) atoms. The molecule has 0 rings (SSSR count). The first kappa shape index (κ1) is 16.4. The Labute approximate surface area is 111 Å². The van der Waals surface area contributed by atoms with Crippen molar-refractivity contribution in [2.75, 3.05) is 6.54 Å². The third-order valence-corrected chi connectivity index (χ3v) is 2.51. The summed E-state index contributed by atoms with van der Waals surface area (Å²) >= 11 is 5.05. The number of unbranched alkanes of at least 4 members (excludes halogenated alkanes) is 3. The second-order valence-corrected chi connectivity index (χ2v) is 6.01. The van der Waals surface area contributed by atoms with Gasteiger partial charge in [0.25, 0.3) is 0 Å². The van der Waals surface area contributed by atoms with Crippen molar-refractivity contribution in [2.45, 2.75) is 59.8 Å². The fraction of sp³-hybridized carbons (Fsp3) is 0.846. The maximum Gasteiger partial charge on any atom is 0.226 e. The van der Waals surface area contributed by atoms with E-state index in [2.05, 4.69) is 17.6 Å². The molecule has 0 saturated heterocycles. The van der Waals surface area contributed by atoms with Gasteiger partial charge in [-0.05, 0) is 24.1 Å². The van der Waals surface area contributed by atoms with Gasteiger partial charge < -0.3 is 10.6 Å². The highest BCUT2D eigenvalue weighted by atomic mass is 32.1. The average Bonchev–Trinajstić information content (AvgIpc) is 2.14. The van der Waals surface area contributed by atoms with E-state index in [1.165, 1.54) is 19.3 Å². The number of thiocarbonyl (C=S) groups is 1. The molecule has 1 amide bonds. The van der Waals surface area contributed by atoms with Gasteiger partial charge in [0.1, 0.15) is 0 Å². The Morgan fingerprint density at radius 3 is 2.35 bits per heavy atom. The van der Waals surface area contributed by atoms with E-state index in [1.54, 1.807) is 0 Å². The van der Waals surface area contributed by atoms with E-state index < -0.39 is 0 Å². The Bertz CT molecular complexity index is 246. The molecule has 4 heteroatoms. The van der Waals surface area contributed by atoms with Gasteiger partial charge in [0.15, 0.2) is 5.11 Å². The van der Waals surface area contributed by atoms with Crippen LogP contribution in [0, 0.1) is 5.41 Å².